The largest absolute Gasteiger partial charge is 0.385 e. The van der Waals surface area contributed by atoms with Crippen LogP contribution < -0.4 is 0 Å². The molecule has 1 N–H and O–H groups in total. The molecule has 1 saturated carbocycles. The molecule has 0 spiro atoms. The fourth-order valence-corrected chi connectivity index (χ4v) is 1.24. The van der Waals surface area contributed by atoms with Crippen LogP contribution >= 0.6 is 0 Å². The van der Waals surface area contributed by atoms with Gasteiger partial charge in [0.25, 0.3) is 0 Å². The van der Waals surface area contributed by atoms with Crippen LogP contribution in [-0.2, 0) is 12.1 Å². The van der Waals surface area contributed by atoms with Crippen LogP contribution in [0.3, 0.4) is 0 Å². The molecule has 3 heteroatoms. The van der Waals surface area contributed by atoms with E-state index in [2.05, 4.69) is 11.7 Å². The van der Waals surface area contributed by atoms with Crippen molar-refractivity contribution in [2.24, 2.45) is 0 Å². The van der Waals surface area contributed by atoms with Gasteiger partial charge in [0.05, 0.1) is 18.3 Å². The lowest BCUT2D eigenvalue weighted by Crippen LogP contribution is -2.02. The number of hydrogen-bond acceptors (Lipinski definition) is 2. The van der Waals surface area contributed by atoms with Crippen molar-refractivity contribution in [2.45, 2.75) is 25.0 Å². The molecule has 1 aliphatic rings. The summed E-state index contributed by atoms with van der Waals surface area (Å²) in [4.78, 5) is 0. The van der Waals surface area contributed by atoms with Crippen molar-refractivity contribution in [3.63, 3.8) is 0 Å². The minimum Gasteiger partial charge on any atom is -0.385 e. The van der Waals surface area contributed by atoms with E-state index in [4.69, 9.17) is 0 Å². The highest BCUT2D eigenvalue weighted by Crippen LogP contribution is 2.44. The lowest BCUT2D eigenvalue weighted by molar-refractivity contribution is 0.151. The normalized spacial score (nSPS) is 19.1. The fourth-order valence-electron chi connectivity index (χ4n) is 1.24. The van der Waals surface area contributed by atoms with Gasteiger partial charge in [-0.25, -0.2) is 0 Å². The molecular weight excluding hydrogens is 152 g/mol. The van der Waals surface area contributed by atoms with E-state index in [1.807, 2.05) is 6.20 Å². The van der Waals surface area contributed by atoms with E-state index in [0.29, 0.717) is 6.54 Å². The minimum atomic E-state index is -0.556. The van der Waals surface area contributed by atoms with Crippen molar-refractivity contribution < 1.29 is 5.11 Å². The van der Waals surface area contributed by atoms with E-state index in [-0.39, 0.29) is 0 Å². The molecular formula is C9H12N2O. The Morgan fingerprint density at radius 2 is 2.50 bits per heavy atom. The average Bonchev–Trinajstić information content (AvgIpc) is 2.64. The van der Waals surface area contributed by atoms with Crippen LogP contribution in [0, 0.1) is 0 Å². The van der Waals surface area contributed by atoms with Crippen molar-refractivity contribution in [1.82, 2.24) is 9.78 Å². The summed E-state index contributed by atoms with van der Waals surface area (Å²) in [7, 11) is 0. The zero-order chi connectivity index (χ0) is 8.60. The Bertz CT molecular complexity index is 299. The van der Waals surface area contributed by atoms with Crippen molar-refractivity contribution in [3.8, 4) is 0 Å². The third kappa shape index (κ3) is 1.16. The first-order valence-corrected chi connectivity index (χ1v) is 4.11. The maximum atomic E-state index is 9.70. The fraction of sp³-hybridized carbons (Fsp3) is 0.444. The molecule has 1 aromatic rings. The van der Waals surface area contributed by atoms with E-state index in [9.17, 15) is 5.11 Å². The van der Waals surface area contributed by atoms with Crippen LogP contribution in [-0.4, -0.2) is 14.9 Å². The summed E-state index contributed by atoms with van der Waals surface area (Å²) in [6, 6.07) is 0. The van der Waals surface area contributed by atoms with Crippen molar-refractivity contribution in [3.05, 3.63) is 30.6 Å². The zero-order valence-electron chi connectivity index (χ0n) is 6.90. The third-order valence-corrected chi connectivity index (χ3v) is 2.21. The van der Waals surface area contributed by atoms with E-state index in [1.165, 1.54) is 0 Å². The molecule has 0 aromatic carbocycles. The van der Waals surface area contributed by atoms with Crippen molar-refractivity contribution in [1.29, 1.82) is 0 Å². The molecule has 1 fully saturated rings. The number of nitrogens with zero attached hydrogens (tertiary/aromatic N) is 2. The molecule has 12 heavy (non-hydrogen) atoms. The van der Waals surface area contributed by atoms with Gasteiger partial charge in [-0.1, -0.05) is 6.08 Å². The lowest BCUT2D eigenvalue weighted by Gasteiger charge is -2.01. The number of aromatic nitrogens is 2. The number of allylic oxidation sites excluding steroid dienone is 1. The molecule has 1 heterocycles. The predicted octanol–water partition coefficient (Wildman–Crippen LogP) is 1.05. The molecule has 0 bridgehead atoms. The highest BCUT2D eigenvalue weighted by atomic mass is 16.3. The second-order valence-corrected chi connectivity index (χ2v) is 3.27. The summed E-state index contributed by atoms with van der Waals surface area (Å²) in [5.41, 5.74) is 0.378. The zero-order valence-corrected chi connectivity index (χ0v) is 6.90. The first-order chi connectivity index (χ1) is 5.74. The van der Waals surface area contributed by atoms with E-state index in [1.54, 1.807) is 17.0 Å². The first kappa shape index (κ1) is 7.55. The summed E-state index contributed by atoms with van der Waals surface area (Å²) >= 11 is 0. The maximum Gasteiger partial charge on any atom is 0.0929 e. The summed E-state index contributed by atoms with van der Waals surface area (Å²) in [6.45, 7) is 4.32. The van der Waals surface area contributed by atoms with Gasteiger partial charge in [0, 0.05) is 11.8 Å². The van der Waals surface area contributed by atoms with Crippen molar-refractivity contribution >= 4 is 0 Å². The van der Waals surface area contributed by atoms with Gasteiger partial charge in [-0.3, -0.25) is 4.68 Å². The average molecular weight is 164 g/mol. The molecule has 0 radical (unpaired) electrons. The standard InChI is InChI=1S/C9H12N2O/c1-2-5-11-7-8(6-10-11)9(12)3-4-9/h2,6-7,12H,1,3-5H2. The molecule has 0 unspecified atom stereocenters. The Hall–Kier alpha value is -1.09. The van der Waals surface area contributed by atoms with E-state index in [0.717, 1.165) is 18.4 Å². The van der Waals surface area contributed by atoms with Gasteiger partial charge in [0.2, 0.25) is 0 Å². The van der Waals surface area contributed by atoms with Crippen LogP contribution in [0.5, 0.6) is 0 Å². The van der Waals surface area contributed by atoms with Crippen LogP contribution in [0.15, 0.2) is 25.0 Å². The lowest BCUT2D eigenvalue weighted by atomic mass is 10.2. The summed E-state index contributed by atoms with van der Waals surface area (Å²) in [6.07, 6.45) is 7.14. The Morgan fingerprint density at radius 1 is 1.75 bits per heavy atom. The second kappa shape index (κ2) is 2.45. The smallest absolute Gasteiger partial charge is 0.0929 e. The monoisotopic (exact) mass is 164 g/mol. The van der Waals surface area contributed by atoms with Gasteiger partial charge in [0.15, 0.2) is 0 Å². The van der Waals surface area contributed by atoms with Gasteiger partial charge in [0.1, 0.15) is 0 Å². The topological polar surface area (TPSA) is 38.0 Å². The van der Waals surface area contributed by atoms with Crippen LogP contribution in [0.1, 0.15) is 18.4 Å². The van der Waals surface area contributed by atoms with Crippen LogP contribution in [0.2, 0.25) is 0 Å². The summed E-state index contributed by atoms with van der Waals surface area (Å²) in [5.74, 6) is 0. The molecule has 3 nitrogen and oxygen atoms in total. The van der Waals surface area contributed by atoms with Crippen LogP contribution in [0.4, 0.5) is 0 Å². The van der Waals surface area contributed by atoms with Gasteiger partial charge in [-0.15, -0.1) is 6.58 Å². The molecule has 1 aliphatic carbocycles. The summed E-state index contributed by atoms with van der Waals surface area (Å²) in [5, 5.41) is 13.8. The van der Waals surface area contributed by atoms with Gasteiger partial charge in [-0.2, -0.15) is 5.10 Å². The molecule has 0 atom stereocenters. The molecule has 64 valence electrons. The second-order valence-electron chi connectivity index (χ2n) is 3.27. The predicted molar refractivity (Wildman–Crippen MR) is 45.6 cm³/mol. The number of hydrogen-bond donors (Lipinski definition) is 1. The molecule has 1 aromatic heterocycles. The van der Waals surface area contributed by atoms with E-state index < -0.39 is 5.60 Å². The highest BCUT2D eigenvalue weighted by molar-refractivity contribution is 5.21. The van der Waals surface area contributed by atoms with Crippen LogP contribution in [0.25, 0.3) is 0 Å². The molecule has 0 amide bonds. The van der Waals surface area contributed by atoms with Gasteiger partial charge < -0.3 is 5.11 Å². The summed E-state index contributed by atoms with van der Waals surface area (Å²) < 4.78 is 1.78. The third-order valence-electron chi connectivity index (χ3n) is 2.21. The Labute approximate surface area is 71.3 Å². The molecule has 2 rings (SSSR count). The molecule has 0 aliphatic heterocycles. The van der Waals surface area contributed by atoms with Gasteiger partial charge in [-0.05, 0) is 12.8 Å². The number of aliphatic hydroxyl groups is 1. The highest BCUT2D eigenvalue weighted by Gasteiger charge is 2.43. The Morgan fingerprint density at radius 3 is 3.08 bits per heavy atom. The first-order valence-electron chi connectivity index (χ1n) is 4.11. The molecule has 0 saturated heterocycles. The Kier molecular flexibility index (Phi) is 1.54. The Balaban J connectivity index is 2.18. The minimum absolute atomic E-state index is 0.556. The van der Waals surface area contributed by atoms with E-state index >= 15 is 0 Å². The SMILES string of the molecule is C=CCn1cc(C2(O)CC2)cn1. The quantitative estimate of drug-likeness (QED) is 0.678. The number of rotatable bonds is 3. The maximum absolute atomic E-state index is 9.70. The van der Waals surface area contributed by atoms with Crippen molar-refractivity contribution in [2.75, 3.05) is 0 Å². The van der Waals surface area contributed by atoms with Gasteiger partial charge >= 0.3 is 0 Å².